The van der Waals surface area contributed by atoms with E-state index < -0.39 is 0 Å². The van der Waals surface area contributed by atoms with E-state index in [0.29, 0.717) is 16.1 Å². The molecule has 1 heterocycles. The first-order chi connectivity index (χ1) is 12.5. The van der Waals surface area contributed by atoms with Crippen molar-refractivity contribution in [3.8, 4) is 17.2 Å². The van der Waals surface area contributed by atoms with Crippen LogP contribution in [0.3, 0.4) is 0 Å². The Morgan fingerprint density at radius 2 is 1.96 bits per heavy atom. The molecular weight excluding hydrogens is 348 g/mol. The molecule has 26 heavy (non-hydrogen) atoms. The Labute approximate surface area is 156 Å². The topological polar surface area (TPSA) is 70.7 Å². The Hall–Kier alpha value is -3.10. The lowest BCUT2D eigenvalue weighted by Crippen LogP contribution is -2.27. The van der Waals surface area contributed by atoms with Crippen molar-refractivity contribution in [2.24, 2.45) is 0 Å². The number of amides is 1. The van der Waals surface area contributed by atoms with Gasteiger partial charge in [-0.1, -0.05) is 35.9 Å². The largest absolute Gasteiger partial charge is 0.333 e. The number of benzene rings is 2. The van der Waals surface area contributed by atoms with Crippen molar-refractivity contribution < 1.29 is 4.79 Å². The number of hydrogen-bond acceptors (Lipinski definition) is 3. The quantitative estimate of drug-likeness (QED) is 0.758. The number of aryl methyl sites for hydroxylation is 1. The van der Waals surface area contributed by atoms with Crippen molar-refractivity contribution in [3.05, 3.63) is 76.1 Å². The molecule has 3 aromatic rings. The van der Waals surface area contributed by atoms with E-state index in [1.807, 2.05) is 38.1 Å². The van der Waals surface area contributed by atoms with Gasteiger partial charge in [-0.2, -0.15) is 10.4 Å². The molecule has 0 atom stereocenters. The minimum Gasteiger partial charge on any atom is -0.333 e. The molecule has 0 spiro atoms. The van der Waals surface area contributed by atoms with Crippen LogP contribution >= 0.6 is 11.6 Å². The number of carbonyl (C=O) groups is 1. The molecule has 0 bridgehead atoms. The van der Waals surface area contributed by atoms with E-state index in [4.69, 9.17) is 16.9 Å². The fourth-order valence-electron chi connectivity index (χ4n) is 2.87. The van der Waals surface area contributed by atoms with Gasteiger partial charge < -0.3 is 5.32 Å². The molecule has 0 fully saturated rings. The Morgan fingerprint density at radius 1 is 1.23 bits per heavy atom. The van der Waals surface area contributed by atoms with Gasteiger partial charge in [-0.3, -0.25) is 4.79 Å². The summed E-state index contributed by atoms with van der Waals surface area (Å²) in [6, 6.07) is 16.4. The predicted molar refractivity (Wildman–Crippen MR) is 101 cm³/mol. The van der Waals surface area contributed by atoms with Crippen molar-refractivity contribution in [2.45, 2.75) is 20.5 Å². The van der Waals surface area contributed by atoms with Crippen molar-refractivity contribution in [3.63, 3.8) is 0 Å². The van der Waals surface area contributed by atoms with E-state index in [-0.39, 0.29) is 12.6 Å². The number of hydrogen-bond donors (Lipinski definition) is 1. The normalized spacial score (nSPS) is 10.4. The van der Waals surface area contributed by atoms with Gasteiger partial charge in [0.25, 0.3) is 5.91 Å². The molecule has 3 rings (SSSR count). The van der Waals surface area contributed by atoms with Gasteiger partial charge in [0.05, 0.1) is 16.3 Å². The van der Waals surface area contributed by atoms with Crippen LogP contribution in [0.15, 0.2) is 48.5 Å². The maximum atomic E-state index is 12.2. The second-order valence-corrected chi connectivity index (χ2v) is 6.29. The number of rotatable bonds is 4. The highest BCUT2D eigenvalue weighted by molar-refractivity contribution is 6.32. The fourth-order valence-corrected chi connectivity index (χ4v) is 3.09. The maximum absolute atomic E-state index is 12.2. The SMILES string of the molecule is Cc1nn(CNC(=O)c2ccccc2)c(C)c1-c1ccc(C#N)c(Cl)c1. The zero-order chi connectivity index (χ0) is 18.7. The van der Waals surface area contributed by atoms with Gasteiger partial charge in [0, 0.05) is 16.8 Å². The highest BCUT2D eigenvalue weighted by Crippen LogP contribution is 2.30. The number of nitrogens with one attached hydrogen (secondary N) is 1. The minimum atomic E-state index is -0.152. The molecular formula is C20H17ClN4O. The molecule has 0 saturated heterocycles. The van der Waals surface area contributed by atoms with Crippen LogP contribution < -0.4 is 5.32 Å². The van der Waals surface area contributed by atoms with Crippen molar-refractivity contribution in [1.29, 1.82) is 5.26 Å². The van der Waals surface area contributed by atoms with Crippen LogP contribution in [0, 0.1) is 25.2 Å². The van der Waals surface area contributed by atoms with Crippen LogP contribution in [0.2, 0.25) is 5.02 Å². The van der Waals surface area contributed by atoms with E-state index >= 15 is 0 Å². The molecule has 6 heteroatoms. The lowest BCUT2D eigenvalue weighted by atomic mass is 10.0. The zero-order valence-electron chi connectivity index (χ0n) is 14.5. The molecule has 1 aromatic heterocycles. The second kappa shape index (κ2) is 7.42. The summed E-state index contributed by atoms with van der Waals surface area (Å²) < 4.78 is 1.75. The average molecular weight is 365 g/mol. The molecule has 0 aliphatic carbocycles. The third-order valence-corrected chi connectivity index (χ3v) is 4.50. The van der Waals surface area contributed by atoms with Gasteiger partial charge in [-0.05, 0) is 43.7 Å². The molecule has 0 aliphatic heterocycles. The Morgan fingerprint density at radius 3 is 2.62 bits per heavy atom. The molecule has 0 aliphatic rings. The third kappa shape index (κ3) is 3.46. The summed E-state index contributed by atoms with van der Waals surface area (Å²) in [5.41, 5.74) is 4.63. The van der Waals surface area contributed by atoms with Gasteiger partial charge in [-0.15, -0.1) is 0 Å². The summed E-state index contributed by atoms with van der Waals surface area (Å²) in [6.07, 6.45) is 0. The summed E-state index contributed by atoms with van der Waals surface area (Å²) in [7, 11) is 0. The summed E-state index contributed by atoms with van der Waals surface area (Å²) in [4.78, 5) is 12.2. The summed E-state index contributed by atoms with van der Waals surface area (Å²) in [6.45, 7) is 4.12. The van der Waals surface area contributed by atoms with Crippen LogP contribution in [0.1, 0.15) is 27.3 Å². The van der Waals surface area contributed by atoms with Crippen LogP contribution in [-0.4, -0.2) is 15.7 Å². The molecule has 0 unspecified atom stereocenters. The van der Waals surface area contributed by atoms with Gasteiger partial charge in [0.1, 0.15) is 12.7 Å². The van der Waals surface area contributed by atoms with Gasteiger partial charge in [-0.25, -0.2) is 4.68 Å². The highest BCUT2D eigenvalue weighted by Gasteiger charge is 2.15. The van der Waals surface area contributed by atoms with Crippen LogP contribution in [0.4, 0.5) is 0 Å². The highest BCUT2D eigenvalue weighted by atomic mass is 35.5. The Kier molecular flexibility index (Phi) is 5.06. The molecule has 0 radical (unpaired) electrons. The van der Waals surface area contributed by atoms with Gasteiger partial charge in [0.2, 0.25) is 0 Å². The Bertz CT molecular complexity index is 1000. The summed E-state index contributed by atoms with van der Waals surface area (Å²) in [5.74, 6) is -0.152. The van der Waals surface area contributed by atoms with Crippen LogP contribution in [0.25, 0.3) is 11.1 Å². The number of halogens is 1. The predicted octanol–water partition coefficient (Wildman–Crippen LogP) is 4.08. The number of nitriles is 1. The standard InChI is InChI=1S/C20H17ClN4O/c1-13-19(16-8-9-17(11-22)18(21)10-16)14(2)25(24-13)12-23-20(26)15-6-4-3-5-7-15/h3-10H,12H2,1-2H3,(H,23,26). The number of aromatic nitrogens is 2. The fraction of sp³-hybridized carbons (Fsp3) is 0.150. The van der Waals surface area contributed by atoms with Crippen molar-refractivity contribution in [2.75, 3.05) is 0 Å². The van der Waals surface area contributed by atoms with Crippen molar-refractivity contribution >= 4 is 17.5 Å². The van der Waals surface area contributed by atoms with Crippen LogP contribution in [0.5, 0.6) is 0 Å². The van der Waals surface area contributed by atoms with E-state index in [0.717, 1.165) is 22.5 Å². The monoisotopic (exact) mass is 364 g/mol. The number of nitrogens with zero attached hydrogens (tertiary/aromatic N) is 3. The summed E-state index contributed by atoms with van der Waals surface area (Å²) >= 11 is 6.15. The first-order valence-corrected chi connectivity index (χ1v) is 8.46. The molecule has 1 amide bonds. The van der Waals surface area contributed by atoms with E-state index in [1.165, 1.54) is 0 Å². The van der Waals surface area contributed by atoms with E-state index in [2.05, 4.69) is 16.5 Å². The first kappa shape index (κ1) is 17.7. The first-order valence-electron chi connectivity index (χ1n) is 8.08. The zero-order valence-corrected chi connectivity index (χ0v) is 15.2. The molecule has 130 valence electrons. The number of carbonyl (C=O) groups excluding carboxylic acids is 1. The van der Waals surface area contributed by atoms with Crippen molar-refractivity contribution in [1.82, 2.24) is 15.1 Å². The average Bonchev–Trinajstić information content (AvgIpc) is 2.94. The molecule has 2 aromatic carbocycles. The van der Waals surface area contributed by atoms with Gasteiger partial charge >= 0.3 is 0 Å². The molecule has 5 nitrogen and oxygen atoms in total. The van der Waals surface area contributed by atoms with E-state index in [9.17, 15) is 4.79 Å². The lowest BCUT2D eigenvalue weighted by Gasteiger charge is -2.08. The maximum Gasteiger partial charge on any atom is 0.252 e. The van der Waals surface area contributed by atoms with Gasteiger partial charge in [0.15, 0.2) is 0 Å². The smallest absolute Gasteiger partial charge is 0.252 e. The molecule has 1 N–H and O–H groups in total. The second-order valence-electron chi connectivity index (χ2n) is 5.88. The lowest BCUT2D eigenvalue weighted by molar-refractivity contribution is 0.0939. The minimum absolute atomic E-state index is 0.152. The summed E-state index contributed by atoms with van der Waals surface area (Å²) in [5, 5.41) is 16.8. The third-order valence-electron chi connectivity index (χ3n) is 4.19. The van der Waals surface area contributed by atoms with E-state index in [1.54, 1.807) is 28.9 Å². The Balaban J connectivity index is 1.83. The van der Waals surface area contributed by atoms with Crippen LogP contribution in [-0.2, 0) is 6.67 Å². The molecule has 0 saturated carbocycles.